The number of unbranched alkanes of at least 4 members (excludes halogenated alkanes) is 32. The third-order valence-electron chi connectivity index (χ3n) is 13.4. The molecule has 0 aliphatic carbocycles. The van der Waals surface area contributed by atoms with E-state index in [4.69, 9.17) is 9.47 Å². The first-order valence-corrected chi connectivity index (χ1v) is 30.8. The lowest BCUT2D eigenvalue weighted by Gasteiger charge is -2.15. The molecule has 0 radical (unpaired) electrons. The van der Waals surface area contributed by atoms with E-state index in [1.165, 1.54) is 180 Å². The molecule has 0 bridgehead atoms. The second-order valence-corrected chi connectivity index (χ2v) is 20.4. The van der Waals surface area contributed by atoms with Crippen LogP contribution in [0.15, 0.2) is 97.2 Å². The van der Waals surface area contributed by atoms with Crippen LogP contribution < -0.4 is 0 Å². The molecule has 0 amide bonds. The van der Waals surface area contributed by atoms with E-state index in [1.807, 2.05) is 0 Å². The van der Waals surface area contributed by atoms with E-state index in [0.717, 1.165) is 89.9 Å². The smallest absolute Gasteiger partial charge is 0.306 e. The van der Waals surface area contributed by atoms with Crippen molar-refractivity contribution in [1.82, 2.24) is 0 Å². The number of rotatable bonds is 56. The molecular weight excluding hydrogens is 885 g/mol. The van der Waals surface area contributed by atoms with Crippen LogP contribution in [0.3, 0.4) is 0 Å². The van der Waals surface area contributed by atoms with Crippen molar-refractivity contribution in [2.75, 3.05) is 13.2 Å². The summed E-state index contributed by atoms with van der Waals surface area (Å²) in [4.78, 5) is 24.6. The molecule has 0 aliphatic rings. The topological polar surface area (TPSA) is 72.8 Å². The number of esters is 2. The highest BCUT2D eigenvalue weighted by atomic mass is 16.6. The molecule has 0 aromatic heterocycles. The monoisotopic (exact) mass is 1000 g/mol. The highest BCUT2D eigenvalue weighted by Crippen LogP contribution is 2.16. The maximum atomic E-state index is 12.3. The number of carbonyl (C=O) groups is 2. The molecule has 0 fully saturated rings. The Morgan fingerprint density at radius 1 is 0.333 bits per heavy atom. The first-order valence-electron chi connectivity index (χ1n) is 30.8. The van der Waals surface area contributed by atoms with Gasteiger partial charge in [0.2, 0.25) is 0 Å². The van der Waals surface area contributed by atoms with Crippen LogP contribution in [0.4, 0.5) is 0 Å². The highest BCUT2D eigenvalue weighted by molar-refractivity contribution is 5.70. The quantitative estimate of drug-likeness (QED) is 0.0373. The third-order valence-corrected chi connectivity index (χ3v) is 13.4. The van der Waals surface area contributed by atoms with E-state index in [2.05, 4.69) is 111 Å². The number of hydrogen-bond donors (Lipinski definition) is 1. The highest BCUT2D eigenvalue weighted by Gasteiger charge is 2.16. The lowest BCUT2D eigenvalue weighted by Crippen LogP contribution is -2.28. The van der Waals surface area contributed by atoms with Crippen LogP contribution in [0.1, 0.15) is 296 Å². The minimum Gasteiger partial charge on any atom is -0.462 e. The van der Waals surface area contributed by atoms with Gasteiger partial charge in [-0.25, -0.2) is 0 Å². The molecule has 1 atom stereocenters. The zero-order valence-electron chi connectivity index (χ0n) is 47.4. The molecule has 72 heavy (non-hydrogen) atoms. The van der Waals surface area contributed by atoms with Crippen LogP contribution in [-0.2, 0) is 19.1 Å². The van der Waals surface area contributed by atoms with Gasteiger partial charge in [0.05, 0.1) is 6.61 Å². The predicted octanol–water partition coefficient (Wildman–Crippen LogP) is 21.1. The summed E-state index contributed by atoms with van der Waals surface area (Å²) < 4.78 is 10.7. The van der Waals surface area contributed by atoms with Crippen molar-refractivity contribution in [3.05, 3.63) is 97.2 Å². The molecule has 414 valence electrons. The van der Waals surface area contributed by atoms with Crippen molar-refractivity contribution in [1.29, 1.82) is 0 Å². The number of hydrogen-bond acceptors (Lipinski definition) is 5. The second kappa shape index (κ2) is 62.1. The van der Waals surface area contributed by atoms with E-state index in [-0.39, 0.29) is 25.2 Å². The lowest BCUT2D eigenvalue weighted by atomic mass is 10.0. The van der Waals surface area contributed by atoms with Crippen molar-refractivity contribution < 1.29 is 24.2 Å². The van der Waals surface area contributed by atoms with E-state index in [0.29, 0.717) is 12.8 Å². The van der Waals surface area contributed by atoms with Gasteiger partial charge in [0.1, 0.15) is 6.61 Å². The standard InChI is InChI=1S/C67H116O5/c1-3-5-7-9-11-13-15-17-19-21-23-25-27-29-31-33-35-37-39-41-43-45-47-49-51-53-55-57-59-61-66(69)71-64-65(63-68)72-67(70)62-60-58-56-54-52-50-48-46-44-42-40-38-36-34-32-30-28-26-24-22-20-18-16-14-12-10-8-6-4-2/h6,8,12,14,18,20-21,23-24,26,30,32,36,38,42,44,65,68H,3-5,7,9-11,13,15-17,19,22,25,27-29,31,33-35,37,39-41,43,45-64H2,1-2H3/b8-6-,14-12-,20-18-,23-21-,26-24-,32-30-,38-36-,44-42-. The molecule has 0 heterocycles. The Kier molecular flexibility index (Phi) is 59.4. The summed E-state index contributed by atoms with van der Waals surface area (Å²) in [5, 5.41) is 9.67. The van der Waals surface area contributed by atoms with Crippen LogP contribution in [0.5, 0.6) is 0 Å². The van der Waals surface area contributed by atoms with Gasteiger partial charge >= 0.3 is 11.9 Å². The average Bonchev–Trinajstić information content (AvgIpc) is 3.38. The Bertz CT molecular complexity index is 1360. The summed E-state index contributed by atoms with van der Waals surface area (Å²) in [6, 6.07) is 0. The molecule has 0 rings (SSSR count). The summed E-state index contributed by atoms with van der Waals surface area (Å²) in [7, 11) is 0. The largest absolute Gasteiger partial charge is 0.462 e. The minimum atomic E-state index is -0.784. The third kappa shape index (κ3) is 59.4. The van der Waals surface area contributed by atoms with Gasteiger partial charge in [0.25, 0.3) is 0 Å². The van der Waals surface area contributed by atoms with E-state index < -0.39 is 6.10 Å². The van der Waals surface area contributed by atoms with Crippen LogP contribution in [-0.4, -0.2) is 36.4 Å². The van der Waals surface area contributed by atoms with Gasteiger partial charge in [-0.3, -0.25) is 9.59 Å². The Labute approximate surface area is 447 Å². The van der Waals surface area contributed by atoms with E-state index in [9.17, 15) is 14.7 Å². The molecule has 0 saturated carbocycles. The van der Waals surface area contributed by atoms with Gasteiger partial charge < -0.3 is 14.6 Å². The minimum absolute atomic E-state index is 0.0729. The number of ether oxygens (including phenoxy) is 2. The van der Waals surface area contributed by atoms with Crippen LogP contribution in [0.2, 0.25) is 0 Å². The van der Waals surface area contributed by atoms with Gasteiger partial charge in [-0.15, -0.1) is 0 Å². The Morgan fingerprint density at radius 3 is 0.917 bits per heavy atom. The van der Waals surface area contributed by atoms with Crippen molar-refractivity contribution in [2.24, 2.45) is 0 Å². The maximum Gasteiger partial charge on any atom is 0.306 e. The van der Waals surface area contributed by atoms with Gasteiger partial charge in [-0.05, 0) is 96.3 Å². The number of aliphatic hydroxyl groups excluding tert-OH is 1. The molecule has 1 unspecified atom stereocenters. The molecule has 5 nitrogen and oxygen atoms in total. The average molecular weight is 1000 g/mol. The maximum absolute atomic E-state index is 12.3. The van der Waals surface area contributed by atoms with Gasteiger partial charge in [-0.2, -0.15) is 0 Å². The van der Waals surface area contributed by atoms with Gasteiger partial charge in [-0.1, -0.05) is 284 Å². The summed E-state index contributed by atoms with van der Waals surface area (Å²) in [6.07, 6.45) is 88.2. The number of allylic oxidation sites excluding steroid dienone is 16. The first kappa shape index (κ1) is 68.8. The molecule has 0 spiro atoms. The van der Waals surface area contributed by atoms with Crippen molar-refractivity contribution in [3.8, 4) is 0 Å². The van der Waals surface area contributed by atoms with Gasteiger partial charge in [0, 0.05) is 12.8 Å². The Hall–Kier alpha value is -3.18. The zero-order valence-corrected chi connectivity index (χ0v) is 47.4. The molecule has 5 heteroatoms. The fourth-order valence-corrected chi connectivity index (χ4v) is 8.77. The molecule has 0 aromatic carbocycles. The van der Waals surface area contributed by atoms with Crippen molar-refractivity contribution in [2.45, 2.75) is 302 Å². The van der Waals surface area contributed by atoms with Crippen LogP contribution >= 0.6 is 0 Å². The summed E-state index contributed by atoms with van der Waals surface area (Å²) >= 11 is 0. The molecule has 0 aromatic rings. The summed E-state index contributed by atoms with van der Waals surface area (Å²) in [5.74, 6) is -0.598. The number of carbonyl (C=O) groups excluding carboxylic acids is 2. The van der Waals surface area contributed by atoms with Crippen molar-refractivity contribution >= 4 is 11.9 Å². The summed E-state index contributed by atoms with van der Waals surface area (Å²) in [5.41, 5.74) is 0. The fraction of sp³-hybridized carbons (Fsp3) is 0.731. The van der Waals surface area contributed by atoms with E-state index >= 15 is 0 Å². The molecule has 0 aliphatic heterocycles. The fourth-order valence-electron chi connectivity index (χ4n) is 8.77. The Balaban J connectivity index is 3.51. The lowest BCUT2D eigenvalue weighted by molar-refractivity contribution is -0.161. The van der Waals surface area contributed by atoms with Crippen LogP contribution in [0.25, 0.3) is 0 Å². The van der Waals surface area contributed by atoms with Crippen molar-refractivity contribution in [3.63, 3.8) is 0 Å². The van der Waals surface area contributed by atoms with Crippen LogP contribution in [0, 0.1) is 0 Å². The predicted molar refractivity (Wildman–Crippen MR) is 316 cm³/mol. The Morgan fingerprint density at radius 2 is 0.597 bits per heavy atom. The second-order valence-electron chi connectivity index (χ2n) is 20.4. The summed E-state index contributed by atoms with van der Waals surface area (Å²) in [6.45, 7) is 4.04. The molecule has 0 saturated heterocycles. The normalized spacial score (nSPS) is 12.9. The van der Waals surface area contributed by atoms with E-state index in [1.54, 1.807) is 0 Å². The molecule has 1 N–H and O–H groups in total. The number of aliphatic hydroxyl groups is 1. The SMILES string of the molecule is CC/C=C\C/C=C\C/C=C\C/C=C\C/C=C\C/C=C\C/C=C\CCCCCCCCCC(=O)OC(CO)COC(=O)CCCCCCCCCCCCCCCCCCC/C=C\CCCCCCCCCC. The first-order chi connectivity index (χ1) is 35.6. The van der Waals surface area contributed by atoms with Gasteiger partial charge in [0.15, 0.2) is 6.10 Å². The zero-order chi connectivity index (χ0) is 52.0. The molecular formula is C67H116O5.